The van der Waals surface area contributed by atoms with E-state index >= 15 is 0 Å². The van der Waals surface area contributed by atoms with Gasteiger partial charge in [0.2, 0.25) is 0 Å². The molecule has 1 aliphatic rings. The lowest BCUT2D eigenvalue weighted by molar-refractivity contribution is 0.160. The summed E-state index contributed by atoms with van der Waals surface area (Å²) in [6.45, 7) is 6.02. The summed E-state index contributed by atoms with van der Waals surface area (Å²) in [5.74, 6) is 0.917. The molecular formula is C16H26N4O. The lowest BCUT2D eigenvalue weighted by atomic mass is 10.2. The van der Waals surface area contributed by atoms with Crippen LogP contribution in [-0.4, -0.2) is 57.2 Å². The van der Waals surface area contributed by atoms with Crippen molar-refractivity contribution >= 4 is 17.2 Å². The molecule has 1 fully saturated rings. The molecule has 1 aromatic carbocycles. The Balaban J connectivity index is 1.81. The monoisotopic (exact) mass is 290 g/mol. The van der Waals surface area contributed by atoms with Crippen LogP contribution in [0.4, 0.5) is 11.4 Å². The highest BCUT2D eigenvalue weighted by molar-refractivity contribution is 5.93. The van der Waals surface area contributed by atoms with Crippen LogP contribution >= 0.6 is 0 Å². The van der Waals surface area contributed by atoms with E-state index in [1.807, 2.05) is 6.92 Å². The smallest absolute Gasteiger partial charge is 0.0972 e. The summed E-state index contributed by atoms with van der Waals surface area (Å²) in [6.07, 6.45) is 1.19. The highest BCUT2D eigenvalue weighted by atomic mass is 16.5. The van der Waals surface area contributed by atoms with E-state index in [4.69, 9.17) is 4.74 Å². The van der Waals surface area contributed by atoms with Crippen LogP contribution in [0.15, 0.2) is 29.3 Å². The summed E-state index contributed by atoms with van der Waals surface area (Å²) < 4.78 is 5.13. The molecule has 0 saturated carbocycles. The number of hydrogen-bond acceptors (Lipinski definition) is 4. The van der Waals surface area contributed by atoms with Gasteiger partial charge in [-0.15, -0.1) is 0 Å². The predicted molar refractivity (Wildman–Crippen MR) is 89.4 cm³/mol. The molecule has 1 heterocycles. The van der Waals surface area contributed by atoms with Gasteiger partial charge in [0.15, 0.2) is 0 Å². The number of likely N-dealkylation sites (tertiary alicyclic amines) is 1. The Morgan fingerprint density at radius 2 is 2.05 bits per heavy atom. The maximum absolute atomic E-state index is 5.13. The molecule has 5 heteroatoms. The number of rotatable bonds is 6. The van der Waals surface area contributed by atoms with Gasteiger partial charge in [0.1, 0.15) is 0 Å². The second-order valence-electron chi connectivity index (χ2n) is 5.43. The van der Waals surface area contributed by atoms with Crippen molar-refractivity contribution in [3.8, 4) is 0 Å². The normalized spacial score (nSPS) is 19.8. The van der Waals surface area contributed by atoms with Crippen LogP contribution in [0.3, 0.4) is 0 Å². The van der Waals surface area contributed by atoms with Gasteiger partial charge in [0.25, 0.3) is 0 Å². The summed E-state index contributed by atoms with van der Waals surface area (Å²) in [7, 11) is 3.54. The van der Waals surface area contributed by atoms with Crippen LogP contribution in [0, 0.1) is 0 Å². The average molecular weight is 290 g/mol. The molecule has 2 N–H and O–H groups in total. The molecule has 0 bridgehead atoms. The van der Waals surface area contributed by atoms with Crippen LogP contribution in [0.2, 0.25) is 0 Å². The number of anilines is 2. The first kappa shape index (κ1) is 15.8. The Morgan fingerprint density at radius 1 is 1.33 bits per heavy atom. The zero-order chi connectivity index (χ0) is 15.1. The average Bonchev–Trinajstić information content (AvgIpc) is 2.94. The molecular weight excluding hydrogens is 264 g/mol. The van der Waals surface area contributed by atoms with Gasteiger partial charge < -0.3 is 15.4 Å². The van der Waals surface area contributed by atoms with E-state index in [1.54, 1.807) is 14.2 Å². The largest absolute Gasteiger partial charge is 0.383 e. The number of benzene rings is 1. The lowest BCUT2D eigenvalue weighted by Crippen LogP contribution is -2.28. The van der Waals surface area contributed by atoms with Crippen molar-refractivity contribution in [1.82, 2.24) is 4.90 Å². The standard InChI is InChI=1S/C16H26N4O/c1-13(17-2)18-14-4-6-15(7-5-14)19-16-8-9-20(12-16)10-11-21-3/h4-7,16,19H,8-12H2,1-3H3,(H,17,18). The van der Waals surface area contributed by atoms with Crippen molar-refractivity contribution in [2.45, 2.75) is 19.4 Å². The Hall–Kier alpha value is -1.59. The highest BCUT2D eigenvalue weighted by Gasteiger charge is 2.21. The van der Waals surface area contributed by atoms with E-state index in [2.05, 4.69) is 44.8 Å². The van der Waals surface area contributed by atoms with E-state index in [1.165, 1.54) is 12.1 Å². The topological polar surface area (TPSA) is 48.9 Å². The van der Waals surface area contributed by atoms with Crippen molar-refractivity contribution in [1.29, 1.82) is 0 Å². The van der Waals surface area contributed by atoms with E-state index in [9.17, 15) is 0 Å². The van der Waals surface area contributed by atoms with Gasteiger partial charge in [-0.25, -0.2) is 0 Å². The van der Waals surface area contributed by atoms with Gasteiger partial charge in [-0.05, 0) is 37.6 Å². The van der Waals surface area contributed by atoms with Crippen LogP contribution in [0.25, 0.3) is 0 Å². The van der Waals surface area contributed by atoms with Gasteiger partial charge in [-0.1, -0.05) is 0 Å². The molecule has 1 saturated heterocycles. The number of nitrogens with one attached hydrogen (secondary N) is 2. The highest BCUT2D eigenvalue weighted by Crippen LogP contribution is 2.18. The van der Waals surface area contributed by atoms with E-state index < -0.39 is 0 Å². The molecule has 116 valence electrons. The maximum Gasteiger partial charge on any atom is 0.0972 e. The van der Waals surface area contributed by atoms with E-state index in [-0.39, 0.29) is 0 Å². The number of aliphatic imine (C=N–C) groups is 1. The third-order valence-electron chi connectivity index (χ3n) is 3.80. The lowest BCUT2D eigenvalue weighted by Gasteiger charge is -2.17. The number of hydrogen-bond donors (Lipinski definition) is 2. The second-order valence-corrected chi connectivity index (χ2v) is 5.43. The molecule has 1 unspecified atom stereocenters. The second kappa shape index (κ2) is 8.00. The summed E-state index contributed by atoms with van der Waals surface area (Å²) in [6, 6.07) is 8.91. The zero-order valence-corrected chi connectivity index (χ0v) is 13.2. The maximum atomic E-state index is 5.13. The number of ether oxygens (including phenoxy) is 1. The summed E-state index contributed by atoms with van der Waals surface area (Å²) in [5.41, 5.74) is 2.24. The van der Waals surface area contributed by atoms with Gasteiger partial charge in [-0.3, -0.25) is 9.89 Å². The molecule has 0 amide bonds. The fraction of sp³-hybridized carbons (Fsp3) is 0.562. The minimum atomic E-state index is 0.527. The first-order valence-electron chi connectivity index (χ1n) is 7.49. The van der Waals surface area contributed by atoms with E-state index in [0.29, 0.717) is 6.04 Å². The molecule has 0 aliphatic carbocycles. The van der Waals surface area contributed by atoms with Crippen LogP contribution in [0.1, 0.15) is 13.3 Å². The predicted octanol–water partition coefficient (Wildman–Crippen LogP) is 2.28. The molecule has 2 rings (SSSR count). The number of nitrogens with zero attached hydrogens (tertiary/aromatic N) is 2. The fourth-order valence-corrected chi connectivity index (χ4v) is 2.52. The molecule has 0 spiro atoms. The zero-order valence-electron chi connectivity index (χ0n) is 13.2. The van der Waals surface area contributed by atoms with Gasteiger partial charge in [0.05, 0.1) is 12.4 Å². The molecule has 21 heavy (non-hydrogen) atoms. The first-order chi connectivity index (χ1) is 10.2. The number of methoxy groups -OCH3 is 1. The first-order valence-corrected chi connectivity index (χ1v) is 7.49. The van der Waals surface area contributed by atoms with Crippen molar-refractivity contribution < 1.29 is 4.74 Å². The third-order valence-corrected chi connectivity index (χ3v) is 3.80. The molecule has 1 aromatic rings. The molecule has 0 radical (unpaired) electrons. The third kappa shape index (κ3) is 5.02. The van der Waals surface area contributed by atoms with Crippen molar-refractivity contribution in [3.05, 3.63) is 24.3 Å². The summed E-state index contributed by atoms with van der Waals surface area (Å²) >= 11 is 0. The van der Waals surface area contributed by atoms with Gasteiger partial charge in [-0.2, -0.15) is 0 Å². The van der Waals surface area contributed by atoms with Crippen LogP contribution < -0.4 is 10.6 Å². The Morgan fingerprint density at radius 3 is 2.71 bits per heavy atom. The molecule has 0 aromatic heterocycles. The number of amidine groups is 1. The van der Waals surface area contributed by atoms with Crippen molar-refractivity contribution in [2.24, 2.45) is 4.99 Å². The van der Waals surface area contributed by atoms with Gasteiger partial charge >= 0.3 is 0 Å². The van der Waals surface area contributed by atoms with Crippen molar-refractivity contribution in [2.75, 3.05) is 51.0 Å². The molecule has 5 nitrogen and oxygen atoms in total. The fourth-order valence-electron chi connectivity index (χ4n) is 2.52. The Kier molecular flexibility index (Phi) is 6.02. The quantitative estimate of drug-likeness (QED) is 0.623. The van der Waals surface area contributed by atoms with E-state index in [0.717, 1.165) is 37.8 Å². The Labute approximate surface area is 127 Å². The Bertz CT molecular complexity index is 458. The SMILES string of the molecule is CN=C(C)Nc1ccc(NC2CCN(CCOC)C2)cc1. The van der Waals surface area contributed by atoms with Crippen molar-refractivity contribution in [3.63, 3.8) is 0 Å². The minimum Gasteiger partial charge on any atom is -0.383 e. The minimum absolute atomic E-state index is 0.527. The van der Waals surface area contributed by atoms with Crippen LogP contribution in [-0.2, 0) is 4.74 Å². The molecule has 1 aliphatic heterocycles. The van der Waals surface area contributed by atoms with Crippen LogP contribution in [0.5, 0.6) is 0 Å². The summed E-state index contributed by atoms with van der Waals surface area (Å²) in [5, 5.41) is 6.84. The molecule has 1 atom stereocenters. The summed E-state index contributed by atoms with van der Waals surface area (Å²) in [4.78, 5) is 6.54. The van der Waals surface area contributed by atoms with Gasteiger partial charge in [0, 0.05) is 51.2 Å².